The first-order valence-corrected chi connectivity index (χ1v) is 25.6. The second kappa shape index (κ2) is 16.8. The van der Waals surface area contributed by atoms with Gasteiger partial charge in [-0.25, -0.2) is 9.97 Å². The summed E-state index contributed by atoms with van der Waals surface area (Å²) >= 11 is 3.51. The molecular formula is C65H42N4S2. The zero-order chi connectivity index (χ0) is 47.0. The molecule has 0 bridgehead atoms. The van der Waals surface area contributed by atoms with Crippen molar-refractivity contribution < 1.29 is 0 Å². The van der Waals surface area contributed by atoms with Gasteiger partial charge in [0.2, 0.25) is 0 Å². The highest BCUT2D eigenvalue weighted by molar-refractivity contribution is 7.26. The molecule has 5 aromatic heterocycles. The number of thiophene rings is 2. The highest BCUT2D eigenvalue weighted by atomic mass is 32.1. The van der Waals surface area contributed by atoms with Gasteiger partial charge in [-0.15, -0.1) is 22.7 Å². The third-order valence-electron chi connectivity index (χ3n) is 14.2. The Morgan fingerprint density at radius 3 is 1.32 bits per heavy atom. The van der Waals surface area contributed by atoms with Crippen molar-refractivity contribution in [3.05, 3.63) is 242 Å². The number of para-hydroxylation sites is 3. The topological polar surface area (TPSA) is 34.0 Å². The molecule has 0 aliphatic heterocycles. The van der Waals surface area contributed by atoms with E-state index >= 15 is 0 Å². The fourth-order valence-electron chi connectivity index (χ4n) is 10.8. The first-order valence-electron chi connectivity index (χ1n) is 24.0. The Bertz CT molecular complexity index is 4120. The number of pyridine rings is 2. The number of anilines is 3. The van der Waals surface area contributed by atoms with E-state index in [0.717, 1.165) is 43.4 Å². The lowest BCUT2D eigenvalue weighted by atomic mass is 9.90. The summed E-state index contributed by atoms with van der Waals surface area (Å²) in [7, 11) is 0. The van der Waals surface area contributed by atoms with E-state index in [-0.39, 0.29) is 0 Å². The molecule has 0 N–H and O–H groups in total. The van der Waals surface area contributed by atoms with Gasteiger partial charge >= 0.3 is 0 Å². The highest BCUT2D eigenvalue weighted by Crippen LogP contribution is 2.45. The van der Waals surface area contributed by atoms with E-state index in [2.05, 4.69) is 241 Å². The van der Waals surface area contributed by atoms with Crippen LogP contribution in [0.15, 0.2) is 237 Å². The van der Waals surface area contributed by atoms with Gasteiger partial charge in [0, 0.05) is 76.9 Å². The summed E-state index contributed by atoms with van der Waals surface area (Å²) < 4.78 is 4.98. The quantitative estimate of drug-likeness (QED) is 0.152. The van der Waals surface area contributed by atoms with Crippen molar-refractivity contribution in [3.63, 3.8) is 0 Å². The predicted octanol–water partition coefficient (Wildman–Crippen LogP) is 18.8. The first kappa shape index (κ1) is 41.3. The van der Waals surface area contributed by atoms with Crippen molar-refractivity contribution in [1.82, 2.24) is 14.5 Å². The SMILES string of the molecule is Cc1c(-c2ccc(-c3ccnc4sc5ccccc5c34)cc2)cc(-n2c3ccccc3c3cc(N(c4ccccc4)c4ccccc4)ccc32)cc1-c1ccc(-c2ccnc3sc4ccccc4c23)cc1. The van der Waals surface area contributed by atoms with Crippen molar-refractivity contribution >= 4 is 102 Å². The molecule has 0 unspecified atom stereocenters. The Morgan fingerprint density at radius 2 is 0.803 bits per heavy atom. The zero-order valence-corrected chi connectivity index (χ0v) is 40.3. The van der Waals surface area contributed by atoms with Crippen LogP contribution in [0.3, 0.4) is 0 Å². The standard InChI is InChI=1S/C65H42N4S2/c1-41-55(44-28-24-42(25-29-44)50-34-36-66-64-62(50)53-19-9-12-22-60(53)70-64)39-49(40-56(41)45-30-26-43(27-31-45)51-35-37-67-65-63(51)54-20-10-13-23-61(54)71-65)69-58-21-11-8-18-52(58)57-38-48(32-33-59(57)69)68(46-14-4-2-5-15-46)47-16-6-3-7-17-47/h2-40H,1H3. The summed E-state index contributed by atoms with van der Waals surface area (Å²) in [6.07, 6.45) is 3.89. The van der Waals surface area contributed by atoms with Crippen molar-refractivity contribution in [3.8, 4) is 50.2 Å². The van der Waals surface area contributed by atoms with Gasteiger partial charge in [0.1, 0.15) is 9.66 Å². The minimum atomic E-state index is 1.06. The molecule has 0 saturated carbocycles. The highest BCUT2D eigenvalue weighted by Gasteiger charge is 2.21. The first-order chi connectivity index (χ1) is 35.1. The number of hydrogen-bond donors (Lipinski definition) is 0. The van der Waals surface area contributed by atoms with Crippen LogP contribution < -0.4 is 4.90 Å². The third kappa shape index (κ3) is 6.86. The van der Waals surface area contributed by atoms with Gasteiger partial charge in [-0.1, -0.05) is 140 Å². The average molecular weight is 943 g/mol. The Morgan fingerprint density at radius 1 is 0.366 bits per heavy atom. The molecule has 0 saturated heterocycles. The van der Waals surface area contributed by atoms with E-state index in [1.165, 1.54) is 91.8 Å². The van der Waals surface area contributed by atoms with E-state index in [1.54, 1.807) is 22.7 Å². The summed E-state index contributed by atoms with van der Waals surface area (Å²) in [5, 5.41) is 7.34. The van der Waals surface area contributed by atoms with E-state index in [9.17, 15) is 0 Å². The van der Waals surface area contributed by atoms with E-state index < -0.39 is 0 Å². The monoisotopic (exact) mass is 942 g/mol. The molecule has 0 spiro atoms. The van der Waals surface area contributed by atoms with Gasteiger partial charge in [-0.3, -0.25) is 0 Å². The van der Waals surface area contributed by atoms with Crippen LogP contribution in [-0.2, 0) is 0 Å². The van der Waals surface area contributed by atoms with Crippen LogP contribution in [0.25, 0.3) is 113 Å². The molecular weight excluding hydrogens is 901 g/mol. The zero-order valence-electron chi connectivity index (χ0n) is 38.6. The van der Waals surface area contributed by atoms with Gasteiger partial charge < -0.3 is 9.47 Å². The second-order valence-electron chi connectivity index (χ2n) is 18.2. The molecule has 0 aliphatic rings. The number of nitrogens with zero attached hydrogens (tertiary/aromatic N) is 4. The van der Waals surface area contributed by atoms with Crippen LogP contribution in [0.4, 0.5) is 17.1 Å². The van der Waals surface area contributed by atoms with Crippen molar-refractivity contribution in [2.24, 2.45) is 0 Å². The molecule has 71 heavy (non-hydrogen) atoms. The maximum atomic E-state index is 4.79. The second-order valence-corrected chi connectivity index (χ2v) is 20.2. The number of hydrogen-bond acceptors (Lipinski definition) is 5. The van der Waals surface area contributed by atoms with Crippen LogP contribution >= 0.6 is 22.7 Å². The molecule has 14 aromatic rings. The molecule has 6 heteroatoms. The largest absolute Gasteiger partial charge is 0.310 e. The molecule has 14 rings (SSSR count). The Kier molecular flexibility index (Phi) is 9.76. The van der Waals surface area contributed by atoms with Crippen LogP contribution in [0, 0.1) is 6.92 Å². The number of rotatable bonds is 8. The van der Waals surface area contributed by atoms with Gasteiger partial charge in [0.05, 0.1) is 11.0 Å². The minimum absolute atomic E-state index is 1.06. The third-order valence-corrected chi connectivity index (χ3v) is 16.3. The van der Waals surface area contributed by atoms with Crippen molar-refractivity contribution in [2.45, 2.75) is 6.92 Å². The summed E-state index contributed by atoms with van der Waals surface area (Å²) in [6.45, 7) is 2.28. The molecule has 0 aliphatic carbocycles. The smallest absolute Gasteiger partial charge is 0.125 e. The number of aromatic nitrogens is 3. The van der Waals surface area contributed by atoms with Crippen LogP contribution in [-0.4, -0.2) is 14.5 Å². The molecule has 4 nitrogen and oxygen atoms in total. The van der Waals surface area contributed by atoms with Gasteiger partial charge in [-0.05, 0) is 142 Å². The Hall–Kier alpha value is -8.68. The van der Waals surface area contributed by atoms with Gasteiger partial charge in [0.25, 0.3) is 0 Å². The fraction of sp³-hybridized carbons (Fsp3) is 0.0154. The lowest BCUT2D eigenvalue weighted by molar-refractivity contribution is 1.17. The summed E-state index contributed by atoms with van der Waals surface area (Å²) in [5.74, 6) is 0. The predicted molar refractivity (Wildman–Crippen MR) is 303 cm³/mol. The van der Waals surface area contributed by atoms with Gasteiger partial charge in [-0.2, -0.15) is 0 Å². The molecule has 334 valence electrons. The molecule has 0 amide bonds. The number of fused-ring (bicyclic) bond motifs is 9. The van der Waals surface area contributed by atoms with Gasteiger partial charge in [0.15, 0.2) is 0 Å². The summed E-state index contributed by atoms with van der Waals surface area (Å²) in [5.41, 5.74) is 17.4. The summed E-state index contributed by atoms with van der Waals surface area (Å²) in [6, 6.07) is 81.8. The Labute approximate surface area is 418 Å². The van der Waals surface area contributed by atoms with E-state index in [4.69, 9.17) is 9.97 Å². The van der Waals surface area contributed by atoms with Crippen molar-refractivity contribution in [1.29, 1.82) is 0 Å². The molecule has 0 fully saturated rings. The maximum Gasteiger partial charge on any atom is 0.125 e. The van der Waals surface area contributed by atoms with Crippen LogP contribution in [0.5, 0.6) is 0 Å². The van der Waals surface area contributed by atoms with Crippen LogP contribution in [0.2, 0.25) is 0 Å². The molecule has 9 aromatic carbocycles. The molecule has 0 atom stereocenters. The summed E-state index contributed by atoms with van der Waals surface area (Å²) in [4.78, 5) is 14.1. The van der Waals surface area contributed by atoms with Crippen LogP contribution in [0.1, 0.15) is 5.56 Å². The molecule has 0 radical (unpaired) electrons. The minimum Gasteiger partial charge on any atom is -0.310 e. The Balaban J connectivity index is 0.947. The maximum absolute atomic E-state index is 4.79. The fourth-order valence-corrected chi connectivity index (χ4v) is 13.0. The number of benzene rings is 9. The van der Waals surface area contributed by atoms with E-state index in [0.29, 0.717) is 0 Å². The van der Waals surface area contributed by atoms with Crippen molar-refractivity contribution in [2.75, 3.05) is 4.90 Å². The molecule has 5 heterocycles. The average Bonchev–Trinajstić information content (AvgIpc) is 4.12. The lowest BCUT2D eigenvalue weighted by Gasteiger charge is -2.25. The lowest BCUT2D eigenvalue weighted by Crippen LogP contribution is -2.09. The normalized spacial score (nSPS) is 11.7. The van der Waals surface area contributed by atoms with E-state index in [1.807, 2.05) is 12.4 Å².